The molecule has 4 amide bonds. The summed E-state index contributed by atoms with van der Waals surface area (Å²) in [5.41, 5.74) is 35.5. The summed E-state index contributed by atoms with van der Waals surface area (Å²) >= 11 is 2.77. The van der Waals surface area contributed by atoms with Gasteiger partial charge in [-0.05, 0) is 88.4 Å². The Balaban J connectivity index is 1.52. The van der Waals surface area contributed by atoms with Gasteiger partial charge < -0.3 is 54.7 Å². The van der Waals surface area contributed by atoms with Crippen molar-refractivity contribution >= 4 is 69.9 Å². The van der Waals surface area contributed by atoms with Crippen LogP contribution in [0, 0.1) is 0 Å². The van der Waals surface area contributed by atoms with Crippen LogP contribution in [0.5, 0.6) is 5.75 Å². The minimum atomic E-state index is -0.846. The van der Waals surface area contributed by atoms with Gasteiger partial charge in [0.15, 0.2) is 0 Å². The highest BCUT2D eigenvalue weighted by Gasteiger charge is 2.27. The van der Waals surface area contributed by atoms with E-state index in [1.807, 2.05) is 126 Å². The molecule has 0 fully saturated rings. The Labute approximate surface area is 409 Å². The van der Waals surface area contributed by atoms with Gasteiger partial charge in [-0.2, -0.15) is 0 Å². The molecular formula is C52H67N9O5S2. The fraction of sp³-hybridized carbons (Fsp3) is 0.346. The van der Waals surface area contributed by atoms with Gasteiger partial charge in [0.2, 0.25) is 11.8 Å². The van der Waals surface area contributed by atoms with E-state index in [2.05, 4.69) is 21.3 Å². The van der Waals surface area contributed by atoms with Gasteiger partial charge >= 0.3 is 0 Å². The summed E-state index contributed by atoms with van der Waals surface area (Å²) in [5, 5.41) is 12.2. The summed E-state index contributed by atoms with van der Waals surface area (Å²) in [7, 11) is 0. The Morgan fingerprint density at radius 3 is 1.24 bits per heavy atom. The maximum Gasteiger partial charge on any atom is 0.255 e. The van der Waals surface area contributed by atoms with E-state index in [1.165, 1.54) is 29.6 Å². The molecule has 0 aliphatic carbocycles. The molecule has 5 aromatic carbocycles. The molecule has 0 bridgehead atoms. The third-order valence-corrected chi connectivity index (χ3v) is 13.1. The Morgan fingerprint density at radius 2 is 0.897 bits per heavy atom. The van der Waals surface area contributed by atoms with E-state index in [9.17, 15) is 19.2 Å². The highest BCUT2D eigenvalue weighted by Crippen LogP contribution is 2.41. The second-order valence-corrected chi connectivity index (χ2v) is 20.6. The molecular weight excluding hydrogens is 895 g/mol. The van der Waals surface area contributed by atoms with Crippen LogP contribution in [-0.4, -0.2) is 73.5 Å². The maximum absolute atomic E-state index is 14.5. The number of benzene rings is 5. The van der Waals surface area contributed by atoms with Gasteiger partial charge in [-0.3, -0.25) is 19.2 Å². The largest absolute Gasteiger partial charge is 0.492 e. The topological polar surface area (TPSA) is 256 Å². The number of carbonyl (C=O) groups is 4. The molecule has 0 radical (unpaired) electrons. The first-order valence-corrected chi connectivity index (χ1v) is 24.6. The maximum atomic E-state index is 14.5. The molecule has 5 rings (SSSR count). The van der Waals surface area contributed by atoms with E-state index < -0.39 is 34.7 Å². The SMILES string of the molecule is CC(C)(C)c1cc(NC(=O)c2cc(OCCN)cc(C(=O)Nc3cc(C(C)(C)C)cc(NC(=O)[C@H](N)Cc4ccccc4)c3SCCN)c2)c(SCCN)c(NC(=O)[C@H](N)Cc2ccccc2)c1. The number of nitrogens with one attached hydrogen (secondary N) is 4. The van der Waals surface area contributed by atoms with E-state index in [0.717, 1.165) is 22.3 Å². The minimum Gasteiger partial charge on any atom is -0.492 e. The van der Waals surface area contributed by atoms with E-state index in [0.29, 0.717) is 70.0 Å². The van der Waals surface area contributed by atoms with Crippen molar-refractivity contribution in [2.75, 3.05) is 59.0 Å². The van der Waals surface area contributed by atoms with Crippen molar-refractivity contribution in [2.45, 2.75) is 87.1 Å². The van der Waals surface area contributed by atoms with Crippen LogP contribution in [0.2, 0.25) is 0 Å². The fourth-order valence-corrected chi connectivity index (χ4v) is 8.72. The number of ether oxygens (including phenoxy) is 1. The first-order valence-electron chi connectivity index (χ1n) is 22.7. The molecule has 0 spiro atoms. The first-order chi connectivity index (χ1) is 32.3. The lowest BCUT2D eigenvalue weighted by Gasteiger charge is -2.25. The molecule has 68 heavy (non-hydrogen) atoms. The predicted molar refractivity (Wildman–Crippen MR) is 280 cm³/mol. The quantitative estimate of drug-likeness (QED) is 0.0330. The molecule has 362 valence electrons. The number of nitrogens with two attached hydrogens (primary N) is 5. The molecule has 0 aliphatic rings. The number of carbonyl (C=O) groups excluding carboxylic acids is 4. The second-order valence-electron chi connectivity index (χ2n) is 18.4. The van der Waals surface area contributed by atoms with E-state index in [4.69, 9.17) is 33.4 Å². The van der Waals surface area contributed by atoms with Crippen LogP contribution in [0.4, 0.5) is 22.7 Å². The zero-order chi connectivity index (χ0) is 49.6. The molecule has 0 heterocycles. The normalized spacial score (nSPS) is 12.5. The standard InChI is InChI=1S/C52H67N9O5S2/c1-51(2,3)36-28-41(45(67-21-18-54)43(30-36)60-49(64)39(56)23-32-13-9-7-10-14-32)58-47(62)34-25-35(27-38(26-34)66-20-17-53)48(63)59-42-29-37(52(4,5)6)31-44(46(42)68-22-19-55)61-50(65)40(57)24-33-15-11-8-12-16-33/h7-16,25-31,39-40H,17-24,53-57H2,1-6H3,(H,58,62)(H,59,63)(H,60,64)(H,61,65)/t39-,40-/m1/s1. The Hall–Kier alpha value is -5.72. The van der Waals surface area contributed by atoms with Crippen LogP contribution in [0.15, 0.2) is 113 Å². The molecule has 16 heteroatoms. The second kappa shape index (κ2) is 24.5. The van der Waals surface area contributed by atoms with Crippen molar-refractivity contribution < 1.29 is 23.9 Å². The van der Waals surface area contributed by atoms with Crippen LogP contribution < -0.4 is 54.7 Å². The summed E-state index contributed by atoms with van der Waals surface area (Å²) in [6.07, 6.45) is 0.660. The van der Waals surface area contributed by atoms with Crippen LogP contribution in [0.3, 0.4) is 0 Å². The first kappa shape index (κ1) is 53.2. The van der Waals surface area contributed by atoms with Crippen LogP contribution >= 0.6 is 23.5 Å². The Bertz CT molecular complexity index is 2360. The smallest absolute Gasteiger partial charge is 0.255 e. The molecule has 0 aromatic heterocycles. The lowest BCUT2D eigenvalue weighted by molar-refractivity contribution is -0.118. The summed E-state index contributed by atoms with van der Waals surface area (Å²) < 4.78 is 5.93. The van der Waals surface area contributed by atoms with Crippen molar-refractivity contribution in [1.29, 1.82) is 0 Å². The number of rotatable bonds is 21. The minimum absolute atomic E-state index is 0.123. The molecule has 5 aromatic rings. The van der Waals surface area contributed by atoms with Gasteiger partial charge in [0.05, 0.1) is 44.6 Å². The van der Waals surface area contributed by atoms with Crippen molar-refractivity contribution in [2.24, 2.45) is 28.7 Å². The third kappa shape index (κ3) is 15.1. The fourth-order valence-electron chi connectivity index (χ4n) is 7.01. The summed E-state index contributed by atoms with van der Waals surface area (Å²) in [6.45, 7) is 13.2. The summed E-state index contributed by atoms with van der Waals surface area (Å²) in [4.78, 5) is 57.5. The van der Waals surface area contributed by atoms with Gasteiger partial charge in [-0.1, -0.05) is 102 Å². The highest BCUT2D eigenvalue weighted by atomic mass is 32.2. The van der Waals surface area contributed by atoms with E-state index >= 15 is 0 Å². The summed E-state index contributed by atoms with van der Waals surface area (Å²) in [5.74, 6) is -0.634. The average molecular weight is 962 g/mol. The molecule has 14 nitrogen and oxygen atoms in total. The Morgan fingerprint density at radius 1 is 0.529 bits per heavy atom. The molecule has 14 N–H and O–H groups in total. The van der Waals surface area contributed by atoms with Crippen LogP contribution in [0.1, 0.15) is 84.5 Å². The zero-order valence-corrected chi connectivity index (χ0v) is 41.5. The molecule has 2 atom stereocenters. The number of amides is 4. The van der Waals surface area contributed by atoms with E-state index in [1.54, 1.807) is 12.1 Å². The van der Waals surface area contributed by atoms with Gasteiger partial charge in [-0.15, -0.1) is 23.5 Å². The highest BCUT2D eigenvalue weighted by molar-refractivity contribution is 7.99. The van der Waals surface area contributed by atoms with E-state index in [-0.39, 0.29) is 41.8 Å². The van der Waals surface area contributed by atoms with Crippen LogP contribution in [0.25, 0.3) is 0 Å². The van der Waals surface area contributed by atoms with Crippen molar-refractivity contribution in [1.82, 2.24) is 0 Å². The van der Waals surface area contributed by atoms with Gasteiger partial charge in [0.1, 0.15) is 12.4 Å². The summed E-state index contributed by atoms with van der Waals surface area (Å²) in [6, 6.07) is 29.5. The van der Waals surface area contributed by atoms with Crippen LogP contribution in [-0.2, 0) is 33.3 Å². The number of hydrogen-bond donors (Lipinski definition) is 9. The van der Waals surface area contributed by atoms with Gasteiger partial charge in [0.25, 0.3) is 11.8 Å². The molecule has 0 unspecified atom stereocenters. The molecule has 0 aliphatic heterocycles. The Kier molecular flexibility index (Phi) is 19.2. The lowest BCUT2D eigenvalue weighted by Crippen LogP contribution is -2.37. The number of thioether (sulfide) groups is 2. The van der Waals surface area contributed by atoms with Gasteiger partial charge in [-0.25, -0.2) is 0 Å². The van der Waals surface area contributed by atoms with Crippen molar-refractivity contribution in [3.05, 3.63) is 137 Å². The van der Waals surface area contributed by atoms with Crippen molar-refractivity contribution in [3.8, 4) is 5.75 Å². The lowest BCUT2D eigenvalue weighted by atomic mass is 9.86. The zero-order valence-electron chi connectivity index (χ0n) is 39.9. The van der Waals surface area contributed by atoms with Crippen molar-refractivity contribution in [3.63, 3.8) is 0 Å². The predicted octanol–water partition coefficient (Wildman–Crippen LogP) is 7.24. The molecule has 0 saturated carbocycles. The number of anilines is 4. The number of hydrogen-bond acceptors (Lipinski definition) is 12. The van der Waals surface area contributed by atoms with Gasteiger partial charge in [0, 0.05) is 42.3 Å². The molecule has 0 saturated heterocycles. The third-order valence-electron chi connectivity index (χ3n) is 10.7. The average Bonchev–Trinajstić information content (AvgIpc) is 3.30. The monoisotopic (exact) mass is 961 g/mol.